The van der Waals surface area contributed by atoms with E-state index < -0.39 is 0 Å². The van der Waals surface area contributed by atoms with Crippen LogP contribution in [0, 0.1) is 5.41 Å². The highest BCUT2D eigenvalue weighted by Crippen LogP contribution is 2.25. The maximum Gasteiger partial charge on any atom is 0.224 e. The van der Waals surface area contributed by atoms with Crippen molar-refractivity contribution in [2.24, 2.45) is 0 Å². The minimum absolute atomic E-state index is 0.103. The van der Waals surface area contributed by atoms with Gasteiger partial charge < -0.3 is 16.5 Å². The standard InChI is InChI=1S/C11H9Cl2N5/c12-8-5-16-11(13)18-10(8)17-7-2-1-6(4-14)9(15)3-7/h1-5,14H,15H2,(H,16,17,18). The van der Waals surface area contributed by atoms with Crippen molar-refractivity contribution in [3.8, 4) is 0 Å². The number of nitrogen functional groups attached to an aromatic ring is 1. The van der Waals surface area contributed by atoms with Crippen LogP contribution in [0.15, 0.2) is 24.4 Å². The number of nitrogens with zero attached hydrogens (tertiary/aromatic N) is 2. The van der Waals surface area contributed by atoms with E-state index in [4.69, 9.17) is 34.3 Å². The third-order valence-electron chi connectivity index (χ3n) is 2.22. The molecule has 5 nitrogen and oxygen atoms in total. The lowest BCUT2D eigenvalue weighted by Crippen LogP contribution is -1.99. The first kappa shape index (κ1) is 12.6. The van der Waals surface area contributed by atoms with Gasteiger partial charge in [0, 0.05) is 23.2 Å². The summed E-state index contributed by atoms with van der Waals surface area (Å²) in [7, 11) is 0. The van der Waals surface area contributed by atoms with Crippen LogP contribution in [0.4, 0.5) is 17.2 Å². The lowest BCUT2D eigenvalue weighted by molar-refractivity contribution is 1.17. The number of nitrogens with two attached hydrogens (primary N) is 1. The Morgan fingerprint density at radius 3 is 2.78 bits per heavy atom. The third kappa shape index (κ3) is 2.69. The molecule has 2 aromatic rings. The van der Waals surface area contributed by atoms with Gasteiger partial charge in [0.25, 0.3) is 0 Å². The molecular weight excluding hydrogens is 273 g/mol. The molecule has 0 aliphatic carbocycles. The maximum atomic E-state index is 7.15. The molecule has 4 N–H and O–H groups in total. The molecule has 0 aliphatic rings. The van der Waals surface area contributed by atoms with Gasteiger partial charge in [0.1, 0.15) is 5.02 Å². The number of hydrogen-bond donors (Lipinski definition) is 3. The Balaban J connectivity index is 2.31. The normalized spacial score (nSPS) is 10.1. The van der Waals surface area contributed by atoms with Crippen LogP contribution >= 0.6 is 23.2 Å². The fraction of sp³-hybridized carbons (Fsp3) is 0. The van der Waals surface area contributed by atoms with Gasteiger partial charge in [-0.2, -0.15) is 4.98 Å². The molecule has 0 fully saturated rings. The number of rotatable bonds is 3. The molecule has 1 aromatic carbocycles. The summed E-state index contributed by atoms with van der Waals surface area (Å²) in [5.41, 5.74) is 7.61. The molecule has 0 aliphatic heterocycles. The first-order valence-corrected chi connectivity index (χ1v) is 5.71. The fourth-order valence-corrected chi connectivity index (χ4v) is 1.63. The molecule has 18 heavy (non-hydrogen) atoms. The number of nitrogens with one attached hydrogen (secondary N) is 2. The van der Waals surface area contributed by atoms with Crippen LogP contribution in [-0.2, 0) is 0 Å². The molecule has 0 radical (unpaired) electrons. The van der Waals surface area contributed by atoms with E-state index in [0.29, 0.717) is 27.8 Å². The van der Waals surface area contributed by atoms with E-state index in [-0.39, 0.29) is 5.28 Å². The molecular formula is C11H9Cl2N5. The minimum Gasteiger partial charge on any atom is -0.398 e. The van der Waals surface area contributed by atoms with Crippen molar-refractivity contribution < 1.29 is 0 Å². The van der Waals surface area contributed by atoms with Gasteiger partial charge in [0.05, 0.1) is 6.20 Å². The van der Waals surface area contributed by atoms with Crippen LogP contribution in [0.2, 0.25) is 10.3 Å². The quantitative estimate of drug-likeness (QED) is 0.458. The van der Waals surface area contributed by atoms with Gasteiger partial charge >= 0.3 is 0 Å². The molecule has 0 atom stereocenters. The summed E-state index contributed by atoms with van der Waals surface area (Å²) in [6, 6.07) is 5.18. The Morgan fingerprint density at radius 1 is 1.33 bits per heavy atom. The van der Waals surface area contributed by atoms with Crippen LogP contribution < -0.4 is 11.1 Å². The van der Waals surface area contributed by atoms with Crippen LogP contribution in [0.5, 0.6) is 0 Å². The van der Waals surface area contributed by atoms with Crippen molar-refractivity contribution in [2.75, 3.05) is 11.1 Å². The number of halogens is 2. The zero-order valence-electron chi connectivity index (χ0n) is 9.11. The first-order valence-electron chi connectivity index (χ1n) is 4.95. The summed E-state index contributed by atoms with van der Waals surface area (Å²) in [4.78, 5) is 7.72. The van der Waals surface area contributed by atoms with Gasteiger partial charge in [0.2, 0.25) is 5.28 Å². The average molecular weight is 282 g/mol. The Morgan fingerprint density at radius 2 is 2.11 bits per heavy atom. The highest BCUT2D eigenvalue weighted by molar-refractivity contribution is 6.33. The SMILES string of the molecule is N=Cc1ccc(Nc2nc(Cl)ncc2Cl)cc1N. The van der Waals surface area contributed by atoms with Crippen molar-refractivity contribution >= 4 is 46.6 Å². The smallest absolute Gasteiger partial charge is 0.224 e. The van der Waals surface area contributed by atoms with E-state index in [1.54, 1.807) is 18.2 Å². The molecule has 0 amide bonds. The van der Waals surface area contributed by atoms with E-state index >= 15 is 0 Å². The van der Waals surface area contributed by atoms with Gasteiger partial charge in [-0.1, -0.05) is 11.6 Å². The molecule has 1 aromatic heterocycles. The molecule has 1 heterocycles. The molecule has 0 bridgehead atoms. The number of anilines is 3. The molecule has 0 unspecified atom stereocenters. The summed E-state index contributed by atoms with van der Waals surface area (Å²) in [6.45, 7) is 0. The van der Waals surface area contributed by atoms with Gasteiger partial charge in [-0.15, -0.1) is 0 Å². The largest absolute Gasteiger partial charge is 0.398 e. The second-order valence-electron chi connectivity index (χ2n) is 3.45. The highest BCUT2D eigenvalue weighted by atomic mass is 35.5. The fourth-order valence-electron chi connectivity index (χ4n) is 1.35. The van der Waals surface area contributed by atoms with E-state index in [1.165, 1.54) is 12.4 Å². The van der Waals surface area contributed by atoms with Crippen LogP contribution in [0.25, 0.3) is 0 Å². The number of hydrogen-bond acceptors (Lipinski definition) is 5. The lowest BCUT2D eigenvalue weighted by atomic mass is 10.2. The summed E-state index contributed by atoms with van der Waals surface area (Å²) in [6.07, 6.45) is 2.60. The lowest BCUT2D eigenvalue weighted by Gasteiger charge is -2.09. The Hall–Kier alpha value is -1.85. The van der Waals surface area contributed by atoms with Crippen LogP contribution in [0.3, 0.4) is 0 Å². The van der Waals surface area contributed by atoms with Crippen LogP contribution in [0.1, 0.15) is 5.56 Å². The van der Waals surface area contributed by atoms with E-state index in [2.05, 4.69) is 15.3 Å². The van der Waals surface area contributed by atoms with E-state index in [9.17, 15) is 0 Å². The number of benzene rings is 1. The molecule has 92 valence electrons. The monoisotopic (exact) mass is 281 g/mol. The van der Waals surface area contributed by atoms with E-state index in [0.717, 1.165) is 0 Å². The van der Waals surface area contributed by atoms with Gasteiger partial charge in [-0.05, 0) is 29.8 Å². The molecule has 7 heteroatoms. The second kappa shape index (κ2) is 5.20. The minimum atomic E-state index is 0.103. The Labute approximate surface area is 113 Å². The molecule has 0 spiro atoms. The maximum absolute atomic E-state index is 7.15. The van der Waals surface area contributed by atoms with Crippen LogP contribution in [-0.4, -0.2) is 16.2 Å². The first-order chi connectivity index (χ1) is 8.60. The molecule has 0 saturated heterocycles. The van der Waals surface area contributed by atoms with Crippen molar-refractivity contribution in [3.63, 3.8) is 0 Å². The molecule has 0 saturated carbocycles. The van der Waals surface area contributed by atoms with Crippen molar-refractivity contribution in [2.45, 2.75) is 0 Å². The van der Waals surface area contributed by atoms with Crippen molar-refractivity contribution in [1.82, 2.24) is 9.97 Å². The van der Waals surface area contributed by atoms with Gasteiger partial charge in [-0.25, -0.2) is 4.98 Å². The Kier molecular flexibility index (Phi) is 3.64. The predicted molar refractivity (Wildman–Crippen MR) is 74.1 cm³/mol. The highest BCUT2D eigenvalue weighted by Gasteiger charge is 2.05. The van der Waals surface area contributed by atoms with E-state index in [1.807, 2.05) is 0 Å². The predicted octanol–water partition coefficient (Wildman–Crippen LogP) is 3.11. The second-order valence-corrected chi connectivity index (χ2v) is 4.19. The third-order valence-corrected chi connectivity index (χ3v) is 2.68. The summed E-state index contributed by atoms with van der Waals surface area (Å²) >= 11 is 11.6. The zero-order chi connectivity index (χ0) is 13.1. The topological polar surface area (TPSA) is 87.7 Å². The van der Waals surface area contributed by atoms with Crippen molar-refractivity contribution in [1.29, 1.82) is 5.41 Å². The summed E-state index contributed by atoms with van der Waals surface area (Å²) in [5, 5.41) is 10.6. The van der Waals surface area contributed by atoms with Gasteiger partial charge in [-0.3, -0.25) is 0 Å². The Bertz CT molecular complexity index is 600. The summed E-state index contributed by atoms with van der Waals surface area (Å²) in [5.74, 6) is 0.402. The number of aromatic nitrogens is 2. The average Bonchev–Trinajstić information content (AvgIpc) is 2.34. The van der Waals surface area contributed by atoms with Gasteiger partial charge in [0.15, 0.2) is 5.82 Å². The molecule has 2 rings (SSSR count). The summed E-state index contributed by atoms with van der Waals surface area (Å²) < 4.78 is 0. The zero-order valence-corrected chi connectivity index (χ0v) is 10.6. The van der Waals surface area contributed by atoms with Crippen molar-refractivity contribution in [3.05, 3.63) is 40.3 Å².